The van der Waals surface area contributed by atoms with Crippen molar-refractivity contribution < 1.29 is 4.79 Å². The maximum atomic E-state index is 12.2. The van der Waals surface area contributed by atoms with Gasteiger partial charge in [0.25, 0.3) is 0 Å². The van der Waals surface area contributed by atoms with E-state index < -0.39 is 0 Å². The Labute approximate surface area is 139 Å². The summed E-state index contributed by atoms with van der Waals surface area (Å²) in [5.41, 5.74) is 1.49. The molecule has 1 aromatic carbocycles. The van der Waals surface area contributed by atoms with Crippen LogP contribution in [0.1, 0.15) is 50.5 Å². The minimum atomic E-state index is -0.0282. The highest BCUT2D eigenvalue weighted by Gasteiger charge is 2.34. The molecule has 1 aliphatic carbocycles. The van der Waals surface area contributed by atoms with Gasteiger partial charge < -0.3 is 16.0 Å². The molecule has 0 unspecified atom stereocenters. The van der Waals surface area contributed by atoms with E-state index in [9.17, 15) is 4.79 Å². The molecule has 2 fully saturated rings. The normalized spacial score (nSPS) is 23.4. The summed E-state index contributed by atoms with van der Waals surface area (Å²) in [6, 6.07) is 11.1. The largest absolute Gasteiger partial charge is 0.337 e. The Balaban J connectivity index is 1.55. The number of urea groups is 1. The van der Waals surface area contributed by atoms with Crippen molar-refractivity contribution in [3.05, 3.63) is 35.9 Å². The molecule has 0 spiro atoms. The Morgan fingerprint density at radius 3 is 2.57 bits per heavy atom. The monoisotopic (exact) mass is 315 g/mol. The van der Waals surface area contributed by atoms with Crippen LogP contribution in [0.5, 0.6) is 0 Å². The molecule has 1 atom stereocenters. The standard InChI is InChI=1S/C19H29N3O/c23-18(21-14-17-10-7-13-20-17)22-15-19(11-5-2-6-12-19)16-8-3-1-4-9-16/h1,3-4,8-9,17,20H,2,5-7,10-15H2,(H2,21,22,23)/t17-/m0/s1. The predicted molar refractivity (Wildman–Crippen MR) is 93.6 cm³/mol. The minimum absolute atomic E-state index is 0.0282. The number of carbonyl (C=O) groups excluding carboxylic acids is 1. The van der Waals surface area contributed by atoms with Crippen molar-refractivity contribution >= 4 is 6.03 Å². The van der Waals surface area contributed by atoms with Crippen molar-refractivity contribution in [2.45, 2.75) is 56.4 Å². The lowest BCUT2D eigenvalue weighted by Gasteiger charge is -2.38. The van der Waals surface area contributed by atoms with Crippen LogP contribution in [-0.4, -0.2) is 31.7 Å². The number of rotatable bonds is 5. The van der Waals surface area contributed by atoms with Gasteiger partial charge in [-0.05, 0) is 37.8 Å². The summed E-state index contributed by atoms with van der Waals surface area (Å²) in [5, 5.41) is 9.57. The SMILES string of the molecule is O=C(NC[C@@H]1CCCN1)NCC1(c2ccccc2)CCCCC1. The third kappa shape index (κ3) is 4.25. The van der Waals surface area contributed by atoms with E-state index in [0.29, 0.717) is 6.04 Å². The molecule has 4 heteroatoms. The fraction of sp³-hybridized carbons (Fsp3) is 0.632. The molecule has 1 saturated heterocycles. The van der Waals surface area contributed by atoms with Crippen LogP contribution in [0.15, 0.2) is 30.3 Å². The summed E-state index contributed by atoms with van der Waals surface area (Å²) in [6.07, 6.45) is 8.53. The number of amides is 2. The van der Waals surface area contributed by atoms with Gasteiger partial charge in [-0.15, -0.1) is 0 Å². The van der Waals surface area contributed by atoms with Crippen molar-refractivity contribution in [1.82, 2.24) is 16.0 Å². The highest BCUT2D eigenvalue weighted by Crippen LogP contribution is 2.38. The molecule has 3 rings (SSSR count). The summed E-state index contributed by atoms with van der Waals surface area (Å²) < 4.78 is 0. The highest BCUT2D eigenvalue weighted by molar-refractivity contribution is 5.74. The van der Waals surface area contributed by atoms with Crippen LogP contribution in [0, 0.1) is 0 Å². The van der Waals surface area contributed by atoms with E-state index in [0.717, 1.165) is 26.1 Å². The summed E-state index contributed by atoms with van der Waals surface area (Å²) in [5.74, 6) is 0. The van der Waals surface area contributed by atoms with Crippen LogP contribution in [0.2, 0.25) is 0 Å². The third-order valence-corrected chi connectivity index (χ3v) is 5.46. The molecule has 2 amide bonds. The third-order valence-electron chi connectivity index (χ3n) is 5.46. The maximum absolute atomic E-state index is 12.2. The minimum Gasteiger partial charge on any atom is -0.337 e. The van der Waals surface area contributed by atoms with E-state index in [1.165, 1.54) is 44.1 Å². The van der Waals surface area contributed by atoms with Crippen molar-refractivity contribution in [2.75, 3.05) is 19.6 Å². The van der Waals surface area contributed by atoms with Crippen LogP contribution in [0.4, 0.5) is 4.79 Å². The Kier molecular flexibility index (Phi) is 5.55. The number of nitrogens with one attached hydrogen (secondary N) is 3. The van der Waals surface area contributed by atoms with Crippen molar-refractivity contribution in [1.29, 1.82) is 0 Å². The van der Waals surface area contributed by atoms with E-state index in [-0.39, 0.29) is 11.4 Å². The van der Waals surface area contributed by atoms with Crippen LogP contribution < -0.4 is 16.0 Å². The average Bonchev–Trinajstić information content (AvgIpc) is 3.13. The van der Waals surface area contributed by atoms with Crippen LogP contribution in [-0.2, 0) is 5.41 Å². The first-order valence-electron chi connectivity index (χ1n) is 9.09. The molecule has 23 heavy (non-hydrogen) atoms. The zero-order valence-corrected chi connectivity index (χ0v) is 13.9. The highest BCUT2D eigenvalue weighted by atomic mass is 16.2. The van der Waals surface area contributed by atoms with Crippen LogP contribution >= 0.6 is 0 Å². The van der Waals surface area contributed by atoms with Crippen molar-refractivity contribution in [3.63, 3.8) is 0 Å². The number of carbonyl (C=O) groups is 1. The zero-order valence-electron chi connectivity index (χ0n) is 13.9. The van der Waals surface area contributed by atoms with Gasteiger partial charge in [-0.25, -0.2) is 4.79 Å². The second-order valence-corrected chi connectivity index (χ2v) is 7.06. The lowest BCUT2D eigenvalue weighted by molar-refractivity contribution is 0.229. The first kappa shape index (κ1) is 16.3. The molecule has 1 saturated carbocycles. The smallest absolute Gasteiger partial charge is 0.314 e. The molecule has 0 bridgehead atoms. The van der Waals surface area contributed by atoms with Crippen LogP contribution in [0.25, 0.3) is 0 Å². The summed E-state index contributed by atoms with van der Waals surface area (Å²) in [7, 11) is 0. The Morgan fingerprint density at radius 1 is 1.09 bits per heavy atom. The molecule has 4 nitrogen and oxygen atoms in total. The van der Waals surface area contributed by atoms with E-state index >= 15 is 0 Å². The lowest BCUT2D eigenvalue weighted by atomic mass is 9.69. The fourth-order valence-electron chi connectivity index (χ4n) is 4.05. The van der Waals surface area contributed by atoms with Gasteiger partial charge >= 0.3 is 6.03 Å². The van der Waals surface area contributed by atoms with Gasteiger partial charge in [0.15, 0.2) is 0 Å². The average molecular weight is 315 g/mol. The summed E-state index contributed by atoms with van der Waals surface area (Å²) in [6.45, 7) is 2.54. The molecule has 0 radical (unpaired) electrons. The molecular formula is C19H29N3O. The molecule has 0 aromatic heterocycles. The Morgan fingerprint density at radius 2 is 1.87 bits per heavy atom. The quantitative estimate of drug-likeness (QED) is 0.782. The molecular weight excluding hydrogens is 286 g/mol. The summed E-state index contributed by atoms with van der Waals surface area (Å²) in [4.78, 5) is 12.2. The van der Waals surface area contributed by atoms with Crippen molar-refractivity contribution in [2.24, 2.45) is 0 Å². The zero-order chi connectivity index (χ0) is 16.0. The second-order valence-electron chi connectivity index (χ2n) is 7.06. The van der Waals surface area contributed by atoms with Gasteiger partial charge in [-0.3, -0.25) is 0 Å². The maximum Gasteiger partial charge on any atom is 0.314 e. The van der Waals surface area contributed by atoms with E-state index in [4.69, 9.17) is 0 Å². The number of benzene rings is 1. The number of hydrogen-bond donors (Lipinski definition) is 3. The Bertz CT molecular complexity index is 491. The molecule has 1 aliphatic heterocycles. The lowest BCUT2D eigenvalue weighted by Crippen LogP contribution is -2.48. The van der Waals surface area contributed by atoms with E-state index in [2.05, 4.69) is 46.3 Å². The second kappa shape index (κ2) is 7.82. The summed E-state index contributed by atoms with van der Waals surface area (Å²) >= 11 is 0. The fourth-order valence-corrected chi connectivity index (χ4v) is 4.05. The first-order chi connectivity index (χ1) is 11.3. The van der Waals surface area contributed by atoms with Gasteiger partial charge in [-0.2, -0.15) is 0 Å². The molecule has 3 N–H and O–H groups in total. The molecule has 1 heterocycles. The molecule has 126 valence electrons. The predicted octanol–water partition coefficient (Wildman–Crippen LogP) is 2.94. The van der Waals surface area contributed by atoms with E-state index in [1.807, 2.05) is 0 Å². The van der Waals surface area contributed by atoms with Crippen molar-refractivity contribution in [3.8, 4) is 0 Å². The Hall–Kier alpha value is -1.55. The van der Waals surface area contributed by atoms with Crippen LogP contribution in [0.3, 0.4) is 0 Å². The topological polar surface area (TPSA) is 53.2 Å². The van der Waals surface area contributed by atoms with Gasteiger partial charge in [0, 0.05) is 24.5 Å². The number of hydrogen-bond acceptors (Lipinski definition) is 2. The van der Waals surface area contributed by atoms with Gasteiger partial charge in [-0.1, -0.05) is 49.6 Å². The van der Waals surface area contributed by atoms with E-state index in [1.54, 1.807) is 0 Å². The molecule has 2 aliphatic rings. The van der Waals surface area contributed by atoms with Gasteiger partial charge in [0.05, 0.1) is 0 Å². The first-order valence-corrected chi connectivity index (χ1v) is 9.09. The van der Waals surface area contributed by atoms with Gasteiger partial charge in [0.1, 0.15) is 0 Å². The molecule has 1 aromatic rings. The van der Waals surface area contributed by atoms with Gasteiger partial charge in [0.2, 0.25) is 0 Å².